The minimum Gasteiger partial charge on any atom is -0.441 e. The monoisotopic (exact) mass is 369 g/mol. The highest BCUT2D eigenvalue weighted by Crippen LogP contribution is 2.24. The second kappa shape index (κ2) is 8.78. The van der Waals surface area contributed by atoms with Gasteiger partial charge < -0.3 is 15.1 Å². The van der Waals surface area contributed by atoms with Crippen LogP contribution in [0, 0.1) is 6.92 Å². The van der Waals surface area contributed by atoms with E-state index in [1.807, 2.05) is 46.8 Å². The van der Waals surface area contributed by atoms with Crippen LogP contribution < -0.4 is 5.73 Å². The topological polar surface area (TPSA) is 72.4 Å². The van der Waals surface area contributed by atoms with Crippen LogP contribution in [0.5, 0.6) is 0 Å². The van der Waals surface area contributed by atoms with E-state index in [1.54, 1.807) is 11.3 Å². The van der Waals surface area contributed by atoms with Crippen LogP contribution in [0.4, 0.5) is 0 Å². The highest BCUT2D eigenvalue weighted by Gasteiger charge is 2.19. The fourth-order valence-electron chi connectivity index (χ4n) is 2.78. The molecule has 0 unspecified atom stereocenters. The van der Waals surface area contributed by atoms with Crippen LogP contribution in [0.25, 0.3) is 11.5 Å². The highest BCUT2D eigenvalue weighted by molar-refractivity contribution is 7.08. The molecule has 2 heterocycles. The quantitative estimate of drug-likeness (QED) is 0.661. The molecule has 5 nitrogen and oxygen atoms in total. The van der Waals surface area contributed by atoms with Gasteiger partial charge in [-0.1, -0.05) is 30.3 Å². The summed E-state index contributed by atoms with van der Waals surface area (Å²) in [7, 11) is 0. The van der Waals surface area contributed by atoms with Crippen molar-refractivity contribution in [3.05, 3.63) is 64.2 Å². The summed E-state index contributed by atoms with van der Waals surface area (Å²) in [6.45, 7) is 3.48. The molecule has 1 aromatic carbocycles. The molecular formula is C20H23N3O2S. The first-order chi connectivity index (χ1) is 12.7. The fourth-order valence-corrected chi connectivity index (χ4v) is 3.41. The SMILES string of the molecule is Cc1oc(-c2ccsc2)nc1CC(=O)N(CCN)CCc1ccccc1. The highest BCUT2D eigenvalue weighted by atomic mass is 32.1. The zero-order chi connectivity index (χ0) is 18.4. The van der Waals surface area contributed by atoms with Crippen LogP contribution in [0.1, 0.15) is 17.0 Å². The Labute approximate surface area is 157 Å². The van der Waals surface area contributed by atoms with Gasteiger partial charge in [0, 0.05) is 30.6 Å². The van der Waals surface area contributed by atoms with Gasteiger partial charge in [0.05, 0.1) is 12.1 Å². The van der Waals surface area contributed by atoms with E-state index >= 15 is 0 Å². The normalized spacial score (nSPS) is 10.8. The maximum absolute atomic E-state index is 12.8. The Bertz CT molecular complexity index is 828. The molecule has 0 spiro atoms. The van der Waals surface area contributed by atoms with E-state index in [1.165, 1.54) is 5.56 Å². The van der Waals surface area contributed by atoms with Gasteiger partial charge in [0.2, 0.25) is 11.8 Å². The van der Waals surface area contributed by atoms with Gasteiger partial charge in [-0.2, -0.15) is 11.3 Å². The number of hydrogen-bond donors (Lipinski definition) is 1. The molecule has 0 saturated carbocycles. The Balaban J connectivity index is 1.66. The molecule has 2 aromatic heterocycles. The van der Waals surface area contributed by atoms with Gasteiger partial charge in [0.25, 0.3) is 0 Å². The smallest absolute Gasteiger partial charge is 0.228 e. The van der Waals surface area contributed by atoms with Gasteiger partial charge in [-0.15, -0.1) is 0 Å². The Hall–Kier alpha value is -2.44. The van der Waals surface area contributed by atoms with Gasteiger partial charge >= 0.3 is 0 Å². The summed E-state index contributed by atoms with van der Waals surface area (Å²) in [5, 5.41) is 3.96. The summed E-state index contributed by atoms with van der Waals surface area (Å²) in [5.74, 6) is 1.29. The lowest BCUT2D eigenvalue weighted by Crippen LogP contribution is -2.38. The molecule has 2 N–H and O–H groups in total. The van der Waals surface area contributed by atoms with Crippen molar-refractivity contribution in [1.82, 2.24) is 9.88 Å². The summed E-state index contributed by atoms with van der Waals surface area (Å²) < 4.78 is 5.73. The number of nitrogens with zero attached hydrogens (tertiary/aromatic N) is 2. The molecule has 6 heteroatoms. The Morgan fingerprint density at radius 1 is 1.23 bits per heavy atom. The number of oxazole rings is 1. The molecule has 3 aromatic rings. The van der Waals surface area contributed by atoms with Crippen molar-refractivity contribution >= 4 is 17.2 Å². The summed E-state index contributed by atoms with van der Waals surface area (Å²) >= 11 is 1.59. The Morgan fingerprint density at radius 2 is 2.04 bits per heavy atom. The molecule has 26 heavy (non-hydrogen) atoms. The van der Waals surface area contributed by atoms with Gasteiger partial charge in [-0.25, -0.2) is 4.98 Å². The number of hydrogen-bond acceptors (Lipinski definition) is 5. The lowest BCUT2D eigenvalue weighted by atomic mass is 10.1. The molecule has 0 fully saturated rings. The lowest BCUT2D eigenvalue weighted by Gasteiger charge is -2.21. The number of benzene rings is 1. The molecule has 1 amide bonds. The van der Waals surface area contributed by atoms with E-state index in [2.05, 4.69) is 17.1 Å². The van der Waals surface area contributed by atoms with E-state index in [9.17, 15) is 4.79 Å². The molecule has 0 atom stereocenters. The van der Waals surface area contributed by atoms with Gasteiger partial charge in [-0.3, -0.25) is 4.79 Å². The molecule has 136 valence electrons. The van der Waals surface area contributed by atoms with Crippen LogP contribution in [-0.2, 0) is 17.6 Å². The summed E-state index contributed by atoms with van der Waals surface area (Å²) in [6, 6.07) is 12.1. The van der Waals surface area contributed by atoms with Crippen LogP contribution in [0.15, 0.2) is 51.6 Å². The molecule has 0 aliphatic carbocycles. The number of carbonyl (C=O) groups is 1. The van der Waals surface area contributed by atoms with Crippen molar-refractivity contribution in [2.24, 2.45) is 5.73 Å². The average Bonchev–Trinajstić information content (AvgIpc) is 3.30. The third-order valence-electron chi connectivity index (χ3n) is 4.24. The maximum Gasteiger partial charge on any atom is 0.228 e. The predicted molar refractivity (Wildman–Crippen MR) is 104 cm³/mol. The second-order valence-corrected chi connectivity index (χ2v) is 6.90. The van der Waals surface area contributed by atoms with Crippen LogP contribution in [0.3, 0.4) is 0 Å². The maximum atomic E-state index is 12.8. The van der Waals surface area contributed by atoms with Crippen molar-refractivity contribution in [1.29, 1.82) is 0 Å². The van der Waals surface area contributed by atoms with Crippen molar-refractivity contribution in [2.75, 3.05) is 19.6 Å². The summed E-state index contributed by atoms with van der Waals surface area (Å²) in [6.07, 6.45) is 1.04. The van der Waals surface area contributed by atoms with Gasteiger partial charge in [0.15, 0.2) is 0 Å². The number of aromatic nitrogens is 1. The number of rotatable bonds is 8. The number of aryl methyl sites for hydroxylation is 1. The number of amides is 1. The fraction of sp³-hybridized carbons (Fsp3) is 0.300. The molecule has 3 rings (SSSR count). The molecule has 0 bridgehead atoms. The molecular weight excluding hydrogens is 346 g/mol. The van der Waals surface area contributed by atoms with E-state index in [4.69, 9.17) is 10.2 Å². The Kier molecular flexibility index (Phi) is 6.20. The van der Waals surface area contributed by atoms with Gasteiger partial charge in [0.1, 0.15) is 5.76 Å². The zero-order valence-corrected chi connectivity index (χ0v) is 15.7. The van der Waals surface area contributed by atoms with Crippen molar-refractivity contribution < 1.29 is 9.21 Å². The minimum atomic E-state index is 0.0275. The number of nitrogens with two attached hydrogens (primary N) is 1. The molecule has 0 radical (unpaired) electrons. The molecule has 0 saturated heterocycles. The van der Waals surface area contributed by atoms with E-state index in [-0.39, 0.29) is 12.3 Å². The largest absolute Gasteiger partial charge is 0.441 e. The van der Waals surface area contributed by atoms with E-state index in [0.717, 1.165) is 12.0 Å². The van der Waals surface area contributed by atoms with Crippen molar-refractivity contribution in [3.63, 3.8) is 0 Å². The second-order valence-electron chi connectivity index (χ2n) is 6.12. The van der Waals surface area contributed by atoms with Crippen LogP contribution in [-0.4, -0.2) is 35.4 Å². The summed E-state index contributed by atoms with van der Waals surface area (Å²) in [4.78, 5) is 19.1. The van der Waals surface area contributed by atoms with Gasteiger partial charge in [-0.05, 0) is 30.4 Å². The van der Waals surface area contributed by atoms with Crippen LogP contribution >= 0.6 is 11.3 Å². The minimum absolute atomic E-state index is 0.0275. The molecule has 0 aliphatic rings. The first-order valence-corrected chi connectivity index (χ1v) is 9.62. The van der Waals surface area contributed by atoms with E-state index in [0.29, 0.717) is 37.0 Å². The third-order valence-corrected chi connectivity index (χ3v) is 4.93. The molecule has 0 aliphatic heterocycles. The number of thiophene rings is 1. The summed E-state index contributed by atoms with van der Waals surface area (Å²) in [5.41, 5.74) is 8.55. The first-order valence-electron chi connectivity index (χ1n) is 8.68. The van der Waals surface area contributed by atoms with Crippen LogP contribution in [0.2, 0.25) is 0 Å². The number of carbonyl (C=O) groups excluding carboxylic acids is 1. The van der Waals surface area contributed by atoms with Crippen molar-refractivity contribution in [2.45, 2.75) is 19.8 Å². The Morgan fingerprint density at radius 3 is 2.73 bits per heavy atom. The predicted octanol–water partition coefficient (Wildman–Crippen LogP) is 3.28. The standard InChI is InChI=1S/C20H23N3O2S/c1-15-18(22-20(25-15)17-8-12-26-14-17)13-19(24)23(11-9-21)10-7-16-5-3-2-4-6-16/h2-6,8,12,14H,7,9-11,13,21H2,1H3. The van der Waals surface area contributed by atoms with E-state index < -0.39 is 0 Å². The zero-order valence-electron chi connectivity index (χ0n) is 14.9. The average molecular weight is 369 g/mol. The third kappa shape index (κ3) is 4.59. The first kappa shape index (κ1) is 18.4. The van der Waals surface area contributed by atoms with Crippen molar-refractivity contribution in [3.8, 4) is 11.5 Å². The lowest BCUT2D eigenvalue weighted by molar-refractivity contribution is -0.130.